The van der Waals surface area contributed by atoms with Crippen molar-refractivity contribution in [3.63, 3.8) is 0 Å². The smallest absolute Gasteiger partial charge is 0.257 e. The molecule has 2 heterocycles. The zero-order valence-electron chi connectivity index (χ0n) is 16.9. The van der Waals surface area contributed by atoms with E-state index in [1.807, 2.05) is 0 Å². The quantitative estimate of drug-likeness (QED) is 0.401. The number of H-pyrrole nitrogens is 1. The average molecular weight is 456 g/mol. The summed E-state index contributed by atoms with van der Waals surface area (Å²) in [5, 5.41) is 5.35. The number of anilines is 2. The summed E-state index contributed by atoms with van der Waals surface area (Å²) in [5.74, 6) is -2.70. The summed E-state index contributed by atoms with van der Waals surface area (Å²) in [5.41, 5.74) is 1.06. The molecule has 0 radical (unpaired) electrons. The van der Waals surface area contributed by atoms with Crippen LogP contribution >= 0.6 is 11.8 Å². The molecule has 3 aromatic rings. The van der Waals surface area contributed by atoms with Gasteiger partial charge in [-0.3, -0.25) is 14.4 Å². The topological polar surface area (TPSA) is 104 Å². The molecule has 3 N–H and O–H groups in total. The van der Waals surface area contributed by atoms with Crippen molar-refractivity contribution in [1.82, 2.24) is 9.97 Å². The van der Waals surface area contributed by atoms with Crippen LogP contribution in [0.1, 0.15) is 29.0 Å². The number of hydrogen-bond donors (Lipinski definition) is 3. The molecular weight excluding hydrogens is 438 g/mol. The number of nitrogens with one attached hydrogen (secondary N) is 3. The Bertz CT molecular complexity index is 1280. The monoisotopic (exact) mass is 456 g/mol. The fourth-order valence-corrected chi connectivity index (χ4v) is 4.17. The van der Waals surface area contributed by atoms with Gasteiger partial charge in [-0.2, -0.15) is 0 Å². The Labute approximate surface area is 185 Å². The zero-order valence-corrected chi connectivity index (χ0v) is 17.7. The first-order chi connectivity index (χ1) is 15.3. The number of rotatable bonds is 5. The molecular formula is C22H18F2N4O3S. The molecule has 1 aliphatic rings. The molecule has 0 aliphatic carbocycles. The Balaban J connectivity index is 1.59. The van der Waals surface area contributed by atoms with Crippen LogP contribution in [0.5, 0.6) is 0 Å². The van der Waals surface area contributed by atoms with Crippen LogP contribution in [-0.4, -0.2) is 21.8 Å². The number of benzene rings is 2. The lowest BCUT2D eigenvalue weighted by Crippen LogP contribution is -2.36. The van der Waals surface area contributed by atoms with Gasteiger partial charge in [0.1, 0.15) is 17.5 Å². The predicted molar refractivity (Wildman–Crippen MR) is 117 cm³/mol. The molecule has 0 fully saturated rings. The molecule has 0 bridgehead atoms. The Hall–Kier alpha value is -3.53. The highest BCUT2D eigenvalue weighted by molar-refractivity contribution is 7.98. The van der Waals surface area contributed by atoms with Crippen LogP contribution in [0, 0.1) is 18.6 Å². The fraction of sp³-hybridized carbons (Fsp3) is 0.182. The van der Waals surface area contributed by atoms with E-state index in [-0.39, 0.29) is 34.5 Å². The average Bonchev–Trinajstić information content (AvgIpc) is 2.74. The minimum absolute atomic E-state index is 0.00264. The molecule has 164 valence electrons. The second-order valence-corrected chi connectivity index (χ2v) is 8.27. The number of aryl methyl sites for hydroxylation is 1. The van der Waals surface area contributed by atoms with Gasteiger partial charge in [0, 0.05) is 17.9 Å². The molecule has 32 heavy (non-hydrogen) atoms. The van der Waals surface area contributed by atoms with Crippen molar-refractivity contribution < 1.29 is 18.4 Å². The summed E-state index contributed by atoms with van der Waals surface area (Å²) in [6, 6.07) is 9.99. The van der Waals surface area contributed by atoms with Gasteiger partial charge in [-0.25, -0.2) is 13.8 Å². The van der Waals surface area contributed by atoms with Gasteiger partial charge in [-0.05, 0) is 42.3 Å². The lowest BCUT2D eigenvalue weighted by atomic mass is 9.92. The molecule has 2 amide bonds. The van der Waals surface area contributed by atoms with Gasteiger partial charge in [0.05, 0.1) is 11.5 Å². The molecule has 0 unspecified atom stereocenters. The van der Waals surface area contributed by atoms with Crippen molar-refractivity contribution >= 4 is 35.1 Å². The van der Waals surface area contributed by atoms with Gasteiger partial charge in [0.25, 0.3) is 5.56 Å². The van der Waals surface area contributed by atoms with Gasteiger partial charge in [-0.1, -0.05) is 30.0 Å². The molecule has 1 atom stereocenters. The second kappa shape index (κ2) is 8.91. The van der Waals surface area contributed by atoms with Crippen LogP contribution in [0.3, 0.4) is 0 Å². The molecule has 0 saturated heterocycles. The van der Waals surface area contributed by atoms with E-state index >= 15 is 0 Å². The first kappa shape index (κ1) is 21.7. The van der Waals surface area contributed by atoms with Gasteiger partial charge < -0.3 is 15.6 Å². The molecule has 4 rings (SSSR count). The predicted octanol–water partition coefficient (Wildman–Crippen LogP) is 3.71. The van der Waals surface area contributed by atoms with Gasteiger partial charge in [0.2, 0.25) is 11.8 Å². The van der Waals surface area contributed by atoms with Crippen LogP contribution in [0.4, 0.5) is 20.3 Å². The van der Waals surface area contributed by atoms with Crippen molar-refractivity contribution in [1.29, 1.82) is 0 Å². The second-order valence-electron chi connectivity index (χ2n) is 7.31. The van der Waals surface area contributed by atoms with Gasteiger partial charge in [-0.15, -0.1) is 0 Å². The van der Waals surface area contributed by atoms with Crippen LogP contribution in [-0.2, 0) is 15.3 Å². The number of thioether (sulfide) groups is 1. The van der Waals surface area contributed by atoms with E-state index in [1.54, 1.807) is 19.1 Å². The standard InChI is InChI=1S/C22H18F2N4O3S/c1-11-5-6-14(24)8-16(11)25-20(30)15-9-17(29)26-19-18(15)21(31)28-22(27-19)32-10-12-3-2-4-13(23)7-12/h2-8,15H,9-10H2,1H3,(H,25,30)(H2,26,27,28,29,31)/t15-/m0/s1. The maximum Gasteiger partial charge on any atom is 0.257 e. The number of fused-ring (bicyclic) bond motifs is 1. The highest BCUT2D eigenvalue weighted by Gasteiger charge is 2.35. The zero-order chi connectivity index (χ0) is 22.8. The Morgan fingerprint density at radius 1 is 1.19 bits per heavy atom. The Kier molecular flexibility index (Phi) is 6.04. The minimum atomic E-state index is -1.08. The highest BCUT2D eigenvalue weighted by Crippen LogP contribution is 2.31. The first-order valence-electron chi connectivity index (χ1n) is 9.68. The minimum Gasteiger partial charge on any atom is -0.325 e. The van der Waals surface area contributed by atoms with Crippen LogP contribution in [0.25, 0.3) is 0 Å². The number of nitrogens with zero attached hydrogens (tertiary/aromatic N) is 1. The maximum absolute atomic E-state index is 13.6. The van der Waals surface area contributed by atoms with Crippen molar-refractivity contribution in [2.24, 2.45) is 0 Å². The summed E-state index contributed by atoms with van der Waals surface area (Å²) in [6.07, 6.45) is -0.242. The number of aromatic nitrogens is 2. The largest absolute Gasteiger partial charge is 0.325 e. The number of halogens is 2. The SMILES string of the molecule is Cc1ccc(F)cc1NC(=O)[C@H]1CC(=O)Nc2nc(SCc3cccc(F)c3)[nH]c(=O)c21. The Morgan fingerprint density at radius 2 is 1.97 bits per heavy atom. The lowest BCUT2D eigenvalue weighted by molar-refractivity contribution is -0.123. The van der Waals surface area contributed by atoms with Crippen molar-refractivity contribution in [2.45, 2.75) is 30.2 Å². The summed E-state index contributed by atoms with van der Waals surface area (Å²) in [7, 11) is 0. The van der Waals surface area contributed by atoms with Crippen LogP contribution in [0.15, 0.2) is 52.4 Å². The number of carbonyl (C=O) groups is 2. The lowest BCUT2D eigenvalue weighted by Gasteiger charge is -2.23. The highest BCUT2D eigenvalue weighted by atomic mass is 32.2. The molecule has 0 spiro atoms. The molecule has 7 nitrogen and oxygen atoms in total. The summed E-state index contributed by atoms with van der Waals surface area (Å²) in [6.45, 7) is 1.70. The number of aromatic amines is 1. The van der Waals surface area contributed by atoms with E-state index in [0.29, 0.717) is 16.9 Å². The van der Waals surface area contributed by atoms with E-state index in [1.165, 1.54) is 30.3 Å². The third kappa shape index (κ3) is 4.70. The van der Waals surface area contributed by atoms with Crippen LogP contribution < -0.4 is 16.2 Å². The maximum atomic E-state index is 13.6. The molecule has 10 heteroatoms. The molecule has 0 saturated carbocycles. The number of amides is 2. The summed E-state index contributed by atoms with van der Waals surface area (Å²) < 4.78 is 26.9. The van der Waals surface area contributed by atoms with E-state index in [2.05, 4.69) is 20.6 Å². The van der Waals surface area contributed by atoms with E-state index in [0.717, 1.165) is 11.8 Å². The first-order valence-corrected chi connectivity index (χ1v) is 10.7. The number of carbonyl (C=O) groups excluding carboxylic acids is 2. The van der Waals surface area contributed by atoms with Gasteiger partial charge in [0.15, 0.2) is 5.16 Å². The van der Waals surface area contributed by atoms with Crippen molar-refractivity contribution in [3.8, 4) is 0 Å². The van der Waals surface area contributed by atoms with E-state index < -0.39 is 29.1 Å². The third-order valence-corrected chi connectivity index (χ3v) is 5.91. The third-order valence-electron chi connectivity index (χ3n) is 4.97. The molecule has 1 aromatic heterocycles. The molecule has 1 aliphatic heterocycles. The fourth-order valence-electron chi connectivity index (χ4n) is 3.37. The summed E-state index contributed by atoms with van der Waals surface area (Å²) in [4.78, 5) is 44.8. The summed E-state index contributed by atoms with van der Waals surface area (Å²) >= 11 is 1.16. The number of hydrogen-bond acceptors (Lipinski definition) is 5. The van der Waals surface area contributed by atoms with Crippen molar-refractivity contribution in [2.75, 3.05) is 10.6 Å². The van der Waals surface area contributed by atoms with E-state index in [9.17, 15) is 23.2 Å². The molecule has 2 aromatic carbocycles. The van der Waals surface area contributed by atoms with E-state index in [4.69, 9.17) is 0 Å². The normalized spacial score (nSPS) is 15.1. The van der Waals surface area contributed by atoms with Crippen molar-refractivity contribution in [3.05, 3.63) is 81.1 Å². The Morgan fingerprint density at radius 3 is 2.75 bits per heavy atom. The van der Waals surface area contributed by atoms with Gasteiger partial charge >= 0.3 is 0 Å². The van der Waals surface area contributed by atoms with Crippen LogP contribution in [0.2, 0.25) is 0 Å².